The van der Waals surface area contributed by atoms with Gasteiger partial charge in [-0.25, -0.2) is 9.18 Å². The van der Waals surface area contributed by atoms with E-state index in [1.54, 1.807) is 0 Å². The molecule has 0 saturated carbocycles. The molecule has 0 bridgehead atoms. The fraction of sp³-hybridized carbons (Fsp3) is 0.273. The highest BCUT2D eigenvalue weighted by atomic mass is 79.9. The van der Waals surface area contributed by atoms with E-state index in [2.05, 4.69) is 21.2 Å². The largest absolute Gasteiger partial charge is 0.479 e. The van der Waals surface area contributed by atoms with Crippen molar-refractivity contribution in [3.8, 4) is 0 Å². The van der Waals surface area contributed by atoms with E-state index in [0.717, 1.165) is 6.07 Å². The second-order valence-corrected chi connectivity index (χ2v) is 4.65. The van der Waals surface area contributed by atoms with Crippen LogP contribution in [-0.4, -0.2) is 17.0 Å². The number of amides is 1. The lowest BCUT2D eigenvalue weighted by atomic mass is 9.91. The second-order valence-electron chi connectivity index (χ2n) is 3.74. The van der Waals surface area contributed by atoms with Crippen LogP contribution in [0.15, 0.2) is 22.7 Å². The Bertz CT molecular complexity index is 478. The molecule has 92 valence electrons. The molecular weight excluding hydrogens is 293 g/mol. The van der Waals surface area contributed by atoms with Crippen molar-refractivity contribution in [2.45, 2.75) is 19.4 Å². The summed E-state index contributed by atoms with van der Waals surface area (Å²) in [5, 5.41) is 11.4. The first-order valence-corrected chi connectivity index (χ1v) is 5.54. The van der Waals surface area contributed by atoms with Gasteiger partial charge in [0.25, 0.3) is 0 Å². The Labute approximate surface area is 106 Å². The van der Waals surface area contributed by atoms with E-state index in [4.69, 9.17) is 5.11 Å². The molecule has 0 fully saturated rings. The zero-order valence-electron chi connectivity index (χ0n) is 9.25. The summed E-state index contributed by atoms with van der Waals surface area (Å²) in [6.45, 7) is 2.42. The monoisotopic (exact) mass is 303 g/mol. The molecule has 0 aromatic heterocycles. The first-order valence-electron chi connectivity index (χ1n) is 4.75. The maximum Gasteiger partial charge on any atom is 0.333 e. The van der Waals surface area contributed by atoms with Gasteiger partial charge in [-0.15, -0.1) is 0 Å². The maximum absolute atomic E-state index is 13.7. The van der Waals surface area contributed by atoms with Gasteiger partial charge in [-0.3, -0.25) is 4.79 Å². The number of hydrogen-bond acceptors (Lipinski definition) is 2. The number of aliphatic carboxylic acids is 1. The SMILES string of the molecule is CC(=O)NC(C)(C(=O)O)c1ccc(Br)cc1F. The van der Waals surface area contributed by atoms with Crippen LogP contribution in [0.5, 0.6) is 0 Å². The quantitative estimate of drug-likeness (QED) is 0.898. The number of halogens is 2. The molecule has 1 rings (SSSR count). The number of carbonyl (C=O) groups excluding carboxylic acids is 1. The molecule has 4 nitrogen and oxygen atoms in total. The van der Waals surface area contributed by atoms with Gasteiger partial charge in [0, 0.05) is 17.0 Å². The summed E-state index contributed by atoms with van der Waals surface area (Å²) in [7, 11) is 0. The van der Waals surface area contributed by atoms with Crippen LogP contribution in [0, 0.1) is 5.82 Å². The smallest absolute Gasteiger partial charge is 0.333 e. The Kier molecular flexibility index (Phi) is 3.87. The minimum Gasteiger partial charge on any atom is -0.479 e. The van der Waals surface area contributed by atoms with Crippen LogP contribution in [0.3, 0.4) is 0 Å². The lowest BCUT2D eigenvalue weighted by molar-refractivity contribution is -0.147. The summed E-state index contributed by atoms with van der Waals surface area (Å²) in [5.74, 6) is -2.57. The topological polar surface area (TPSA) is 66.4 Å². The standard InChI is InChI=1S/C11H11BrFNO3/c1-6(15)14-11(2,10(16)17)8-4-3-7(12)5-9(8)13/h3-5H,1-2H3,(H,14,15)(H,16,17). The Hall–Kier alpha value is -1.43. The molecule has 1 aromatic rings. The predicted octanol–water partition coefficient (Wildman–Crippen LogP) is 2.02. The summed E-state index contributed by atoms with van der Waals surface area (Å²) in [6.07, 6.45) is 0. The fourth-order valence-electron chi connectivity index (χ4n) is 1.48. The lowest BCUT2D eigenvalue weighted by Gasteiger charge is -2.26. The molecule has 0 heterocycles. The summed E-state index contributed by atoms with van der Waals surface area (Å²) in [4.78, 5) is 22.2. The Balaban J connectivity index is 3.32. The number of carboxylic acid groups (broad SMARTS) is 1. The zero-order chi connectivity index (χ0) is 13.2. The molecule has 0 radical (unpaired) electrons. The van der Waals surface area contributed by atoms with Gasteiger partial charge >= 0.3 is 5.97 Å². The fourth-order valence-corrected chi connectivity index (χ4v) is 1.82. The van der Waals surface area contributed by atoms with E-state index in [1.807, 2.05) is 0 Å². The van der Waals surface area contributed by atoms with Gasteiger partial charge in [-0.05, 0) is 19.1 Å². The van der Waals surface area contributed by atoms with E-state index < -0.39 is 23.2 Å². The summed E-state index contributed by atoms with van der Waals surface area (Å²) in [5.41, 5.74) is -1.88. The van der Waals surface area contributed by atoms with Gasteiger partial charge in [0.15, 0.2) is 5.54 Å². The van der Waals surface area contributed by atoms with Crippen LogP contribution in [0.2, 0.25) is 0 Å². The van der Waals surface area contributed by atoms with Gasteiger partial charge in [0.05, 0.1) is 0 Å². The van der Waals surface area contributed by atoms with Crippen LogP contribution in [0.25, 0.3) is 0 Å². The van der Waals surface area contributed by atoms with E-state index in [-0.39, 0.29) is 5.56 Å². The van der Waals surface area contributed by atoms with Crippen molar-refractivity contribution in [2.24, 2.45) is 0 Å². The third-order valence-electron chi connectivity index (χ3n) is 2.32. The first kappa shape index (κ1) is 13.6. The molecule has 0 spiro atoms. The number of hydrogen-bond donors (Lipinski definition) is 2. The Morgan fingerprint density at radius 3 is 2.47 bits per heavy atom. The molecule has 1 atom stereocenters. The molecule has 6 heteroatoms. The van der Waals surface area contributed by atoms with Crippen LogP contribution in [0.1, 0.15) is 19.4 Å². The molecule has 0 aliphatic rings. The molecule has 0 aliphatic heterocycles. The van der Waals surface area contributed by atoms with Gasteiger partial charge < -0.3 is 10.4 Å². The van der Waals surface area contributed by atoms with E-state index in [1.165, 1.54) is 26.0 Å². The van der Waals surface area contributed by atoms with Gasteiger partial charge in [0.1, 0.15) is 5.82 Å². The van der Waals surface area contributed by atoms with E-state index in [9.17, 15) is 14.0 Å². The highest BCUT2D eigenvalue weighted by Crippen LogP contribution is 2.26. The maximum atomic E-state index is 13.7. The summed E-state index contributed by atoms with van der Waals surface area (Å²) < 4.78 is 14.2. The third kappa shape index (κ3) is 2.82. The highest BCUT2D eigenvalue weighted by molar-refractivity contribution is 9.10. The van der Waals surface area contributed by atoms with Crippen molar-refractivity contribution in [2.75, 3.05) is 0 Å². The Morgan fingerprint density at radius 2 is 2.06 bits per heavy atom. The number of carbonyl (C=O) groups is 2. The summed E-state index contributed by atoms with van der Waals surface area (Å²) in [6, 6.07) is 3.99. The average molecular weight is 304 g/mol. The van der Waals surface area contributed by atoms with Crippen molar-refractivity contribution in [3.05, 3.63) is 34.1 Å². The van der Waals surface area contributed by atoms with Crippen LogP contribution < -0.4 is 5.32 Å². The second kappa shape index (κ2) is 4.83. The minimum atomic E-state index is -1.78. The molecule has 1 amide bonds. The first-order chi connectivity index (χ1) is 7.77. The molecule has 0 aliphatic carbocycles. The van der Waals surface area contributed by atoms with E-state index >= 15 is 0 Å². The van der Waals surface area contributed by atoms with Crippen molar-refractivity contribution in [1.82, 2.24) is 5.32 Å². The van der Waals surface area contributed by atoms with Crippen LogP contribution in [0.4, 0.5) is 4.39 Å². The number of rotatable bonds is 3. The van der Waals surface area contributed by atoms with Crippen LogP contribution in [-0.2, 0) is 15.1 Å². The highest BCUT2D eigenvalue weighted by Gasteiger charge is 2.38. The third-order valence-corrected chi connectivity index (χ3v) is 2.82. The van der Waals surface area contributed by atoms with Gasteiger partial charge in [0.2, 0.25) is 5.91 Å². The molecule has 2 N–H and O–H groups in total. The van der Waals surface area contributed by atoms with Crippen molar-refractivity contribution in [3.63, 3.8) is 0 Å². The lowest BCUT2D eigenvalue weighted by Crippen LogP contribution is -2.49. The van der Waals surface area contributed by atoms with Gasteiger partial charge in [-0.1, -0.05) is 22.0 Å². The number of benzene rings is 1. The summed E-state index contributed by atoms with van der Waals surface area (Å²) >= 11 is 3.08. The van der Waals surface area contributed by atoms with Crippen molar-refractivity contribution in [1.29, 1.82) is 0 Å². The Morgan fingerprint density at radius 1 is 1.47 bits per heavy atom. The average Bonchev–Trinajstić information content (AvgIpc) is 2.15. The molecule has 1 unspecified atom stereocenters. The van der Waals surface area contributed by atoms with Gasteiger partial charge in [-0.2, -0.15) is 0 Å². The van der Waals surface area contributed by atoms with E-state index in [0.29, 0.717) is 4.47 Å². The number of carboxylic acids is 1. The van der Waals surface area contributed by atoms with Crippen molar-refractivity contribution < 1.29 is 19.1 Å². The molecule has 0 saturated heterocycles. The van der Waals surface area contributed by atoms with Crippen molar-refractivity contribution >= 4 is 27.8 Å². The van der Waals surface area contributed by atoms with Crippen LogP contribution >= 0.6 is 15.9 Å². The molecular formula is C11H11BrFNO3. The normalized spacial score (nSPS) is 13.9. The molecule has 17 heavy (non-hydrogen) atoms. The molecule has 1 aromatic carbocycles. The number of nitrogens with one attached hydrogen (secondary N) is 1. The zero-order valence-corrected chi connectivity index (χ0v) is 10.8. The minimum absolute atomic E-state index is 0.0941. The predicted molar refractivity (Wildman–Crippen MR) is 62.9 cm³/mol.